The summed E-state index contributed by atoms with van der Waals surface area (Å²) in [6.07, 6.45) is 2.09. The fourth-order valence-corrected chi connectivity index (χ4v) is 1.53. The highest BCUT2D eigenvalue weighted by Gasteiger charge is 2.24. The highest BCUT2D eigenvalue weighted by Crippen LogP contribution is 2.23. The van der Waals surface area contributed by atoms with Crippen molar-refractivity contribution in [1.29, 1.82) is 0 Å². The van der Waals surface area contributed by atoms with E-state index in [0.717, 1.165) is 25.2 Å². The van der Waals surface area contributed by atoms with Gasteiger partial charge in [0.05, 0.1) is 5.60 Å². The second kappa shape index (κ2) is 2.92. The number of nitrogens with zero attached hydrogens (tertiary/aromatic N) is 3. The van der Waals surface area contributed by atoms with Crippen molar-refractivity contribution in [3.8, 4) is 0 Å². The second-order valence-corrected chi connectivity index (χ2v) is 4.22. The molecule has 0 spiro atoms. The van der Waals surface area contributed by atoms with E-state index in [1.54, 1.807) is 13.8 Å². The van der Waals surface area contributed by atoms with Crippen molar-refractivity contribution in [2.75, 3.05) is 0 Å². The Hall–Kier alpha value is -1.16. The molecule has 0 bridgehead atoms. The molecule has 4 nitrogen and oxygen atoms in total. The number of aromatic nitrogens is 3. The summed E-state index contributed by atoms with van der Waals surface area (Å²) in [6.45, 7) is 8.14. The summed E-state index contributed by atoms with van der Waals surface area (Å²) in [5.74, 6) is 1.58. The Kier molecular flexibility index (Phi) is 1.96. The van der Waals surface area contributed by atoms with Crippen LogP contribution in [0.25, 0.3) is 5.57 Å². The van der Waals surface area contributed by atoms with Crippen LogP contribution < -0.4 is 0 Å². The van der Waals surface area contributed by atoms with E-state index in [1.165, 1.54) is 0 Å². The van der Waals surface area contributed by atoms with E-state index in [-0.39, 0.29) is 0 Å². The number of aliphatic hydroxyl groups is 1. The summed E-state index contributed by atoms with van der Waals surface area (Å²) in [6, 6.07) is 0. The molecular weight excluding hydrogens is 178 g/mol. The third-order valence-electron chi connectivity index (χ3n) is 2.53. The van der Waals surface area contributed by atoms with Crippen molar-refractivity contribution in [2.45, 2.75) is 38.8 Å². The van der Waals surface area contributed by atoms with Crippen LogP contribution in [0.15, 0.2) is 6.58 Å². The molecule has 1 aromatic heterocycles. The molecule has 0 radical (unpaired) electrons. The minimum Gasteiger partial charge on any atom is -0.386 e. The van der Waals surface area contributed by atoms with E-state index < -0.39 is 5.60 Å². The maximum absolute atomic E-state index is 9.74. The monoisotopic (exact) mass is 193 g/mol. The Morgan fingerprint density at radius 2 is 2.29 bits per heavy atom. The summed E-state index contributed by atoms with van der Waals surface area (Å²) in [4.78, 5) is 4.35. The molecular formula is C10H15N3O. The molecule has 0 unspecified atom stereocenters. The van der Waals surface area contributed by atoms with Gasteiger partial charge in [-0.15, -0.1) is 0 Å². The first-order chi connectivity index (χ1) is 6.48. The van der Waals surface area contributed by atoms with Crippen LogP contribution in [-0.4, -0.2) is 25.5 Å². The summed E-state index contributed by atoms with van der Waals surface area (Å²) in [5.41, 5.74) is -0.359. The van der Waals surface area contributed by atoms with E-state index in [1.807, 2.05) is 4.68 Å². The first-order valence-electron chi connectivity index (χ1n) is 4.84. The average Bonchev–Trinajstić information content (AvgIpc) is 2.58. The zero-order valence-corrected chi connectivity index (χ0v) is 8.62. The lowest BCUT2D eigenvalue weighted by molar-refractivity contribution is 0.143. The molecule has 0 atom stereocenters. The van der Waals surface area contributed by atoms with Gasteiger partial charge in [-0.25, -0.2) is 9.67 Å². The highest BCUT2D eigenvalue weighted by molar-refractivity contribution is 5.63. The number of rotatable bonds is 2. The quantitative estimate of drug-likeness (QED) is 0.762. The Morgan fingerprint density at radius 3 is 2.86 bits per heavy atom. The smallest absolute Gasteiger partial charge is 0.179 e. The predicted molar refractivity (Wildman–Crippen MR) is 53.7 cm³/mol. The fraction of sp³-hybridized carbons (Fsp3) is 0.600. The van der Waals surface area contributed by atoms with E-state index in [2.05, 4.69) is 16.7 Å². The first-order valence-corrected chi connectivity index (χ1v) is 4.84. The Labute approximate surface area is 83.3 Å². The van der Waals surface area contributed by atoms with Gasteiger partial charge in [0.25, 0.3) is 0 Å². The van der Waals surface area contributed by atoms with Gasteiger partial charge in [-0.2, -0.15) is 5.10 Å². The lowest BCUT2D eigenvalue weighted by Crippen LogP contribution is -2.21. The maximum Gasteiger partial charge on any atom is 0.179 e. The molecule has 0 amide bonds. The van der Waals surface area contributed by atoms with Crippen molar-refractivity contribution in [2.24, 2.45) is 0 Å². The minimum atomic E-state index is -0.942. The molecule has 1 N–H and O–H groups in total. The van der Waals surface area contributed by atoms with Gasteiger partial charge in [-0.3, -0.25) is 0 Å². The van der Waals surface area contributed by atoms with E-state index >= 15 is 0 Å². The van der Waals surface area contributed by atoms with Gasteiger partial charge in [0.1, 0.15) is 5.82 Å². The fourth-order valence-electron chi connectivity index (χ4n) is 1.53. The van der Waals surface area contributed by atoms with Crippen molar-refractivity contribution in [3.05, 3.63) is 18.2 Å². The van der Waals surface area contributed by atoms with Gasteiger partial charge in [0.2, 0.25) is 0 Å². The highest BCUT2D eigenvalue weighted by atomic mass is 16.3. The lowest BCUT2D eigenvalue weighted by Gasteiger charge is -2.17. The molecule has 76 valence electrons. The van der Waals surface area contributed by atoms with Crippen LogP contribution in [0, 0.1) is 0 Å². The lowest BCUT2D eigenvalue weighted by atomic mass is 10.00. The number of fused-ring (bicyclic) bond motifs is 1. The normalized spacial score (nSPS) is 15.6. The third-order valence-corrected chi connectivity index (χ3v) is 2.53. The van der Waals surface area contributed by atoms with Crippen LogP contribution in [0.3, 0.4) is 0 Å². The molecule has 0 aromatic carbocycles. The van der Waals surface area contributed by atoms with Crippen LogP contribution in [-0.2, 0) is 13.0 Å². The third kappa shape index (κ3) is 1.46. The van der Waals surface area contributed by atoms with Crippen molar-refractivity contribution < 1.29 is 5.11 Å². The maximum atomic E-state index is 9.74. The molecule has 2 heterocycles. The molecule has 0 saturated heterocycles. The van der Waals surface area contributed by atoms with Gasteiger partial charge in [0.15, 0.2) is 5.82 Å². The summed E-state index contributed by atoms with van der Waals surface area (Å²) < 4.78 is 1.90. The Balaban J connectivity index is 2.30. The second-order valence-electron chi connectivity index (χ2n) is 4.22. The SMILES string of the molecule is C=C(c1nc2n(n1)CCC2)C(C)(C)O. The molecule has 2 rings (SSSR count). The van der Waals surface area contributed by atoms with Crippen molar-refractivity contribution in [3.63, 3.8) is 0 Å². The van der Waals surface area contributed by atoms with Crippen LogP contribution in [0.5, 0.6) is 0 Å². The summed E-state index contributed by atoms with van der Waals surface area (Å²) in [5, 5.41) is 14.0. The van der Waals surface area contributed by atoms with E-state index in [0.29, 0.717) is 11.4 Å². The van der Waals surface area contributed by atoms with Crippen LogP contribution in [0.2, 0.25) is 0 Å². The molecule has 1 aromatic rings. The van der Waals surface area contributed by atoms with Gasteiger partial charge in [0, 0.05) is 18.5 Å². The van der Waals surface area contributed by atoms with Gasteiger partial charge in [-0.1, -0.05) is 6.58 Å². The van der Waals surface area contributed by atoms with Gasteiger partial charge in [-0.05, 0) is 20.3 Å². The Bertz CT molecular complexity index is 352. The molecule has 14 heavy (non-hydrogen) atoms. The molecule has 4 heteroatoms. The standard InChI is InChI=1S/C10H15N3O/c1-7(10(2,3)14)9-11-8-5-4-6-13(8)12-9/h14H,1,4-6H2,2-3H3. The molecule has 0 fully saturated rings. The Morgan fingerprint density at radius 1 is 1.57 bits per heavy atom. The van der Waals surface area contributed by atoms with Gasteiger partial charge >= 0.3 is 0 Å². The molecule has 1 aliphatic rings. The molecule has 0 aliphatic carbocycles. The van der Waals surface area contributed by atoms with Crippen LogP contribution >= 0.6 is 0 Å². The topological polar surface area (TPSA) is 50.9 Å². The predicted octanol–water partition coefficient (Wildman–Crippen LogP) is 1.01. The number of hydrogen-bond acceptors (Lipinski definition) is 3. The van der Waals surface area contributed by atoms with Crippen LogP contribution in [0.1, 0.15) is 31.9 Å². The molecule has 1 aliphatic heterocycles. The zero-order valence-electron chi connectivity index (χ0n) is 8.62. The van der Waals surface area contributed by atoms with E-state index in [9.17, 15) is 5.11 Å². The van der Waals surface area contributed by atoms with Gasteiger partial charge < -0.3 is 5.11 Å². The number of aryl methyl sites for hydroxylation is 2. The first kappa shape index (κ1) is 9.40. The zero-order chi connectivity index (χ0) is 10.3. The minimum absolute atomic E-state index is 0.576. The van der Waals surface area contributed by atoms with E-state index in [4.69, 9.17) is 0 Å². The average molecular weight is 193 g/mol. The summed E-state index contributed by atoms with van der Waals surface area (Å²) in [7, 11) is 0. The van der Waals surface area contributed by atoms with Crippen molar-refractivity contribution in [1.82, 2.24) is 14.8 Å². The van der Waals surface area contributed by atoms with Crippen LogP contribution in [0.4, 0.5) is 0 Å². The molecule has 0 saturated carbocycles. The number of hydrogen-bond donors (Lipinski definition) is 1. The summed E-state index contributed by atoms with van der Waals surface area (Å²) >= 11 is 0. The largest absolute Gasteiger partial charge is 0.386 e. The van der Waals surface area contributed by atoms with Crippen molar-refractivity contribution >= 4 is 5.57 Å².